The van der Waals surface area contributed by atoms with Gasteiger partial charge in [0.25, 0.3) is 0 Å². The number of aromatic nitrogens is 2. The van der Waals surface area contributed by atoms with Crippen LogP contribution in [-0.2, 0) is 21.4 Å². The van der Waals surface area contributed by atoms with Crippen molar-refractivity contribution in [3.63, 3.8) is 0 Å². The first-order valence-corrected chi connectivity index (χ1v) is 15.4. The second-order valence-electron chi connectivity index (χ2n) is 12.5. The van der Waals surface area contributed by atoms with Crippen LogP contribution in [0.1, 0.15) is 81.8 Å². The van der Waals surface area contributed by atoms with Crippen LogP contribution in [-0.4, -0.2) is 53.7 Å². The summed E-state index contributed by atoms with van der Waals surface area (Å²) in [5.41, 5.74) is 7.76. The smallest absolute Gasteiger partial charge is 0.407 e. The van der Waals surface area contributed by atoms with Crippen LogP contribution in [0.2, 0.25) is 0 Å². The van der Waals surface area contributed by atoms with Crippen molar-refractivity contribution in [1.82, 2.24) is 20.2 Å². The lowest BCUT2D eigenvalue weighted by Gasteiger charge is -2.30. The van der Waals surface area contributed by atoms with Gasteiger partial charge in [0.1, 0.15) is 17.6 Å². The Balaban J connectivity index is 1.24. The SMILES string of the molecule is COC(=O)N[C@H](C(=O)N1CCC[C@H]1c1ncc(-c2ccc(-c3ccc(OC)c4c3C3(CCCC3)CC4)cc2)[nH]1)C(C)C. The molecule has 1 spiro atoms. The van der Waals surface area contributed by atoms with Gasteiger partial charge in [-0.25, -0.2) is 9.78 Å². The Morgan fingerprint density at radius 2 is 1.76 bits per heavy atom. The number of methoxy groups -OCH3 is 2. The van der Waals surface area contributed by atoms with E-state index in [1.807, 2.05) is 24.9 Å². The van der Waals surface area contributed by atoms with Crippen LogP contribution in [0, 0.1) is 5.92 Å². The summed E-state index contributed by atoms with van der Waals surface area (Å²) in [6.07, 6.45) is 10.4. The minimum absolute atomic E-state index is 0.0704. The highest BCUT2D eigenvalue weighted by molar-refractivity contribution is 5.86. The molecule has 0 unspecified atom stereocenters. The molecule has 2 amide bonds. The van der Waals surface area contributed by atoms with Gasteiger partial charge in [0.15, 0.2) is 0 Å². The maximum atomic E-state index is 13.5. The first kappa shape index (κ1) is 28.3. The number of likely N-dealkylation sites (tertiary alicyclic amines) is 1. The van der Waals surface area contributed by atoms with Crippen molar-refractivity contribution in [2.75, 3.05) is 20.8 Å². The Hall–Kier alpha value is -3.81. The molecule has 1 saturated carbocycles. The van der Waals surface area contributed by atoms with E-state index in [0.29, 0.717) is 12.0 Å². The Morgan fingerprint density at radius 3 is 2.45 bits per heavy atom. The van der Waals surface area contributed by atoms with Crippen LogP contribution in [0.3, 0.4) is 0 Å². The number of amides is 2. The summed E-state index contributed by atoms with van der Waals surface area (Å²) in [7, 11) is 3.09. The number of imidazole rings is 1. The van der Waals surface area contributed by atoms with Gasteiger partial charge in [0.2, 0.25) is 5.91 Å². The summed E-state index contributed by atoms with van der Waals surface area (Å²) in [5.74, 6) is 1.63. The molecule has 42 heavy (non-hydrogen) atoms. The minimum atomic E-state index is -0.650. The van der Waals surface area contributed by atoms with Crippen molar-refractivity contribution in [3.05, 3.63) is 59.5 Å². The quantitative estimate of drug-likeness (QED) is 0.336. The average Bonchev–Trinajstić information content (AvgIpc) is 3.83. The van der Waals surface area contributed by atoms with Crippen molar-refractivity contribution < 1.29 is 19.1 Å². The van der Waals surface area contributed by atoms with E-state index in [2.05, 4.69) is 46.7 Å². The fourth-order valence-corrected chi connectivity index (χ4v) is 7.63. The van der Waals surface area contributed by atoms with E-state index in [1.54, 1.807) is 7.11 Å². The monoisotopic (exact) mass is 570 g/mol. The summed E-state index contributed by atoms with van der Waals surface area (Å²) < 4.78 is 10.5. The van der Waals surface area contributed by atoms with Gasteiger partial charge in [-0.15, -0.1) is 0 Å². The number of nitrogens with zero attached hydrogens (tertiary/aromatic N) is 2. The van der Waals surface area contributed by atoms with Gasteiger partial charge in [-0.05, 0) is 83.7 Å². The summed E-state index contributed by atoms with van der Waals surface area (Å²) in [6, 6.07) is 12.3. The van der Waals surface area contributed by atoms with Crippen LogP contribution in [0.5, 0.6) is 5.75 Å². The Morgan fingerprint density at radius 1 is 1.02 bits per heavy atom. The zero-order chi connectivity index (χ0) is 29.4. The number of ether oxygens (including phenoxy) is 2. The van der Waals surface area contributed by atoms with Crippen LogP contribution in [0.25, 0.3) is 22.4 Å². The third kappa shape index (κ3) is 4.95. The largest absolute Gasteiger partial charge is 0.496 e. The van der Waals surface area contributed by atoms with Crippen molar-refractivity contribution in [2.24, 2.45) is 5.92 Å². The molecule has 2 N–H and O–H groups in total. The molecule has 1 aromatic heterocycles. The second kappa shape index (κ2) is 11.5. The molecule has 8 nitrogen and oxygen atoms in total. The number of aromatic amines is 1. The van der Waals surface area contributed by atoms with Gasteiger partial charge in [-0.2, -0.15) is 0 Å². The molecule has 3 aliphatic rings. The van der Waals surface area contributed by atoms with E-state index >= 15 is 0 Å². The van der Waals surface area contributed by atoms with Crippen molar-refractivity contribution >= 4 is 12.0 Å². The Labute approximate surface area is 248 Å². The van der Waals surface area contributed by atoms with Gasteiger partial charge < -0.3 is 24.7 Å². The summed E-state index contributed by atoms with van der Waals surface area (Å²) in [4.78, 5) is 35.4. The topological polar surface area (TPSA) is 96.6 Å². The number of alkyl carbamates (subject to hydrolysis) is 1. The molecule has 1 aliphatic heterocycles. The molecule has 2 heterocycles. The van der Waals surface area contributed by atoms with Gasteiger partial charge in [0, 0.05) is 6.54 Å². The summed E-state index contributed by atoms with van der Waals surface area (Å²) in [5, 5.41) is 2.71. The van der Waals surface area contributed by atoms with Gasteiger partial charge in [0.05, 0.1) is 32.2 Å². The van der Waals surface area contributed by atoms with E-state index in [1.165, 1.54) is 61.5 Å². The van der Waals surface area contributed by atoms with Crippen molar-refractivity contribution in [2.45, 2.75) is 82.7 Å². The number of carbonyl (C=O) groups is 2. The molecule has 2 aromatic carbocycles. The number of fused-ring (bicyclic) bond motifs is 2. The van der Waals surface area contributed by atoms with Crippen LogP contribution in [0.4, 0.5) is 4.79 Å². The number of hydrogen-bond acceptors (Lipinski definition) is 5. The highest BCUT2D eigenvalue weighted by Gasteiger charge is 2.44. The first-order valence-electron chi connectivity index (χ1n) is 15.4. The Bertz CT molecular complexity index is 1450. The minimum Gasteiger partial charge on any atom is -0.496 e. The number of benzene rings is 2. The third-order valence-electron chi connectivity index (χ3n) is 9.78. The van der Waals surface area contributed by atoms with E-state index in [0.717, 1.165) is 42.1 Å². The zero-order valence-corrected chi connectivity index (χ0v) is 25.2. The van der Waals surface area contributed by atoms with Crippen LogP contribution >= 0.6 is 0 Å². The molecule has 2 atom stereocenters. The van der Waals surface area contributed by atoms with Crippen molar-refractivity contribution in [3.8, 4) is 28.1 Å². The first-order chi connectivity index (χ1) is 20.3. The molecule has 6 rings (SSSR count). The van der Waals surface area contributed by atoms with E-state index in [-0.39, 0.29) is 17.9 Å². The normalized spacial score (nSPS) is 19.7. The zero-order valence-electron chi connectivity index (χ0n) is 25.2. The molecule has 1 saturated heterocycles. The number of nitrogens with one attached hydrogen (secondary N) is 2. The van der Waals surface area contributed by atoms with E-state index in [4.69, 9.17) is 14.5 Å². The summed E-state index contributed by atoms with van der Waals surface area (Å²) in [6.45, 7) is 4.48. The predicted molar refractivity (Wildman–Crippen MR) is 162 cm³/mol. The van der Waals surface area contributed by atoms with Gasteiger partial charge in [-0.3, -0.25) is 4.79 Å². The Kier molecular flexibility index (Phi) is 7.73. The van der Waals surface area contributed by atoms with E-state index in [9.17, 15) is 9.59 Å². The molecule has 0 bridgehead atoms. The molecule has 3 aromatic rings. The molecular formula is C34H42N4O4. The number of rotatable bonds is 7. The lowest BCUT2D eigenvalue weighted by Crippen LogP contribution is -2.51. The lowest BCUT2D eigenvalue weighted by atomic mass is 9.77. The second-order valence-corrected chi connectivity index (χ2v) is 12.5. The van der Waals surface area contributed by atoms with Crippen molar-refractivity contribution in [1.29, 1.82) is 0 Å². The summed E-state index contributed by atoms with van der Waals surface area (Å²) >= 11 is 0. The maximum absolute atomic E-state index is 13.5. The fraction of sp³-hybridized carbons (Fsp3) is 0.500. The molecule has 8 heteroatoms. The number of carbonyl (C=O) groups excluding carboxylic acids is 2. The van der Waals surface area contributed by atoms with Gasteiger partial charge >= 0.3 is 6.09 Å². The molecular weight excluding hydrogens is 528 g/mol. The third-order valence-corrected chi connectivity index (χ3v) is 9.78. The van der Waals surface area contributed by atoms with E-state index < -0.39 is 12.1 Å². The number of H-pyrrole nitrogens is 1. The molecule has 2 fully saturated rings. The molecule has 2 aliphatic carbocycles. The van der Waals surface area contributed by atoms with Crippen LogP contribution in [0.15, 0.2) is 42.6 Å². The highest BCUT2D eigenvalue weighted by Crippen LogP contribution is 2.55. The standard InChI is InChI=1S/C34H42N4O4/c1-21(2)30(37-33(40)42-4)32(39)38-19-7-8-27(38)31-35-20-26(36-31)23-11-9-22(10-12-23)24-13-14-28(41-3)25-15-18-34(29(24)25)16-5-6-17-34/h9-14,20-21,27,30H,5-8,15-19H2,1-4H3,(H,35,36)(H,37,40)/t27-,30-/m0/s1. The van der Waals surface area contributed by atoms with Crippen LogP contribution < -0.4 is 10.1 Å². The maximum Gasteiger partial charge on any atom is 0.407 e. The number of hydrogen-bond donors (Lipinski definition) is 2. The highest BCUT2D eigenvalue weighted by atomic mass is 16.5. The lowest BCUT2D eigenvalue weighted by molar-refractivity contribution is -0.135. The van der Waals surface area contributed by atoms with Gasteiger partial charge in [-0.1, -0.05) is 57.0 Å². The fourth-order valence-electron chi connectivity index (χ4n) is 7.63. The molecule has 0 radical (unpaired) electrons. The molecule has 222 valence electrons. The average molecular weight is 571 g/mol. The predicted octanol–water partition coefficient (Wildman–Crippen LogP) is 6.55.